The zero-order chi connectivity index (χ0) is 16.5. The molecule has 0 aliphatic heterocycles. The summed E-state index contributed by atoms with van der Waals surface area (Å²) in [6.07, 6.45) is 2.01. The van der Waals surface area contributed by atoms with Gasteiger partial charge in [-0.05, 0) is 18.2 Å². The molecule has 4 nitrogen and oxygen atoms in total. The predicted octanol–water partition coefficient (Wildman–Crippen LogP) is 4.98. The lowest BCUT2D eigenvalue weighted by Crippen LogP contribution is -1.92. The number of rotatable bonds is 4. The van der Waals surface area contributed by atoms with Crippen LogP contribution in [0.15, 0.2) is 54.0 Å². The molecule has 2 aromatic heterocycles. The summed E-state index contributed by atoms with van der Waals surface area (Å²) in [5.74, 6) is 1.42. The Kier molecular flexibility index (Phi) is 3.70. The minimum Gasteiger partial charge on any atom is -0.493 e. The Labute approximate surface area is 143 Å². The average molecular weight is 336 g/mol. The standard InChI is InChI=1S/C19H16N2O2S/c1-22-17-9-5-7-13(18(17)23-2)19-21-16(11-24-19)14-10-20-15-8-4-3-6-12(14)15/h3-11,20H,1-2H3. The number of methoxy groups -OCH3 is 2. The SMILES string of the molecule is COc1cccc(-c2nc(-c3c[nH]c4ccccc34)cs2)c1OC. The van der Waals surface area contributed by atoms with Gasteiger partial charge < -0.3 is 14.5 Å². The summed E-state index contributed by atoms with van der Waals surface area (Å²) in [4.78, 5) is 8.12. The Morgan fingerprint density at radius 1 is 0.958 bits per heavy atom. The summed E-state index contributed by atoms with van der Waals surface area (Å²) >= 11 is 1.60. The lowest BCUT2D eigenvalue weighted by molar-refractivity contribution is 0.356. The average Bonchev–Trinajstić information content (AvgIpc) is 3.27. The van der Waals surface area contributed by atoms with Crippen LogP contribution >= 0.6 is 11.3 Å². The van der Waals surface area contributed by atoms with Crippen molar-refractivity contribution in [3.05, 3.63) is 54.0 Å². The van der Waals surface area contributed by atoms with Gasteiger partial charge in [0, 0.05) is 28.0 Å². The minimum absolute atomic E-state index is 0.707. The van der Waals surface area contributed by atoms with Crippen LogP contribution in [0.2, 0.25) is 0 Å². The van der Waals surface area contributed by atoms with E-state index in [4.69, 9.17) is 14.5 Å². The van der Waals surface area contributed by atoms with E-state index in [1.807, 2.05) is 36.5 Å². The van der Waals surface area contributed by atoms with Crippen molar-refractivity contribution >= 4 is 22.2 Å². The molecule has 120 valence electrons. The Morgan fingerprint density at radius 2 is 1.83 bits per heavy atom. The Morgan fingerprint density at radius 3 is 2.67 bits per heavy atom. The van der Waals surface area contributed by atoms with Crippen molar-refractivity contribution < 1.29 is 9.47 Å². The normalized spacial score (nSPS) is 10.9. The van der Waals surface area contributed by atoms with Crippen LogP contribution in [0.3, 0.4) is 0 Å². The summed E-state index contributed by atoms with van der Waals surface area (Å²) in [6, 6.07) is 14.1. The van der Waals surface area contributed by atoms with Crippen molar-refractivity contribution in [3.8, 4) is 33.3 Å². The number of hydrogen-bond acceptors (Lipinski definition) is 4. The van der Waals surface area contributed by atoms with Crippen molar-refractivity contribution in [3.63, 3.8) is 0 Å². The van der Waals surface area contributed by atoms with Crippen LogP contribution in [-0.4, -0.2) is 24.2 Å². The Balaban J connectivity index is 1.81. The van der Waals surface area contributed by atoms with Crippen LogP contribution < -0.4 is 9.47 Å². The highest BCUT2D eigenvalue weighted by atomic mass is 32.1. The number of ether oxygens (including phenoxy) is 2. The second-order valence-electron chi connectivity index (χ2n) is 5.33. The molecule has 0 fully saturated rings. The fraction of sp³-hybridized carbons (Fsp3) is 0.105. The molecule has 0 aliphatic carbocycles. The number of para-hydroxylation sites is 2. The molecule has 0 unspecified atom stereocenters. The molecular formula is C19H16N2O2S. The highest BCUT2D eigenvalue weighted by molar-refractivity contribution is 7.13. The number of fused-ring (bicyclic) bond motifs is 1. The molecule has 2 heterocycles. The lowest BCUT2D eigenvalue weighted by atomic mass is 10.1. The van der Waals surface area contributed by atoms with Gasteiger partial charge >= 0.3 is 0 Å². The van der Waals surface area contributed by atoms with Gasteiger partial charge in [0.15, 0.2) is 11.5 Å². The lowest BCUT2D eigenvalue weighted by Gasteiger charge is -2.10. The van der Waals surface area contributed by atoms with Crippen LogP contribution in [0, 0.1) is 0 Å². The van der Waals surface area contributed by atoms with Crippen molar-refractivity contribution in [1.82, 2.24) is 9.97 Å². The monoisotopic (exact) mass is 336 g/mol. The van der Waals surface area contributed by atoms with Gasteiger partial charge in [0.05, 0.1) is 25.5 Å². The van der Waals surface area contributed by atoms with Crippen molar-refractivity contribution in [2.45, 2.75) is 0 Å². The zero-order valence-corrected chi connectivity index (χ0v) is 14.2. The molecule has 4 aromatic rings. The summed E-state index contributed by atoms with van der Waals surface area (Å²) in [6.45, 7) is 0. The van der Waals surface area contributed by atoms with Crippen LogP contribution in [0.25, 0.3) is 32.7 Å². The third kappa shape index (κ3) is 2.34. The van der Waals surface area contributed by atoms with E-state index in [2.05, 4.69) is 22.5 Å². The zero-order valence-electron chi connectivity index (χ0n) is 13.4. The first kappa shape index (κ1) is 14.8. The summed E-state index contributed by atoms with van der Waals surface area (Å²) in [5.41, 5.74) is 4.11. The van der Waals surface area contributed by atoms with E-state index in [9.17, 15) is 0 Å². The number of benzene rings is 2. The largest absolute Gasteiger partial charge is 0.493 e. The number of hydrogen-bond donors (Lipinski definition) is 1. The van der Waals surface area contributed by atoms with E-state index in [0.29, 0.717) is 11.5 Å². The fourth-order valence-electron chi connectivity index (χ4n) is 2.86. The number of H-pyrrole nitrogens is 1. The second kappa shape index (κ2) is 6.02. The highest BCUT2D eigenvalue weighted by Crippen LogP contribution is 2.40. The van der Waals surface area contributed by atoms with Crippen molar-refractivity contribution in [2.24, 2.45) is 0 Å². The molecule has 0 saturated heterocycles. The molecule has 0 amide bonds. The molecule has 4 rings (SSSR count). The predicted molar refractivity (Wildman–Crippen MR) is 97.9 cm³/mol. The van der Waals surface area contributed by atoms with Crippen LogP contribution in [0.4, 0.5) is 0 Å². The van der Waals surface area contributed by atoms with Gasteiger partial charge in [-0.25, -0.2) is 4.98 Å². The first-order chi connectivity index (χ1) is 11.8. The van der Waals surface area contributed by atoms with Crippen molar-refractivity contribution in [1.29, 1.82) is 0 Å². The van der Waals surface area contributed by atoms with Crippen molar-refractivity contribution in [2.75, 3.05) is 14.2 Å². The van der Waals surface area contributed by atoms with Crippen LogP contribution in [-0.2, 0) is 0 Å². The van der Waals surface area contributed by atoms with Gasteiger partial charge in [-0.15, -0.1) is 11.3 Å². The Hall–Kier alpha value is -2.79. The van der Waals surface area contributed by atoms with Gasteiger partial charge in [-0.1, -0.05) is 24.3 Å². The second-order valence-corrected chi connectivity index (χ2v) is 6.19. The molecule has 1 N–H and O–H groups in total. The first-order valence-electron chi connectivity index (χ1n) is 7.55. The maximum atomic E-state index is 5.53. The first-order valence-corrected chi connectivity index (χ1v) is 8.43. The molecule has 0 atom stereocenters. The van der Waals surface area contributed by atoms with E-state index in [-0.39, 0.29) is 0 Å². The van der Waals surface area contributed by atoms with E-state index >= 15 is 0 Å². The van der Waals surface area contributed by atoms with Gasteiger partial charge in [-0.2, -0.15) is 0 Å². The third-order valence-electron chi connectivity index (χ3n) is 4.00. The molecule has 2 aromatic carbocycles. The number of thiazole rings is 1. The fourth-order valence-corrected chi connectivity index (χ4v) is 3.70. The summed E-state index contributed by atoms with van der Waals surface area (Å²) in [7, 11) is 3.29. The molecule has 0 aliphatic rings. The maximum Gasteiger partial charge on any atom is 0.170 e. The summed E-state index contributed by atoms with van der Waals surface area (Å²) in [5, 5.41) is 4.15. The van der Waals surface area contributed by atoms with E-state index in [1.54, 1.807) is 25.6 Å². The quantitative estimate of drug-likeness (QED) is 0.572. The van der Waals surface area contributed by atoms with E-state index < -0.39 is 0 Å². The van der Waals surface area contributed by atoms with Crippen LogP contribution in [0.1, 0.15) is 0 Å². The smallest absolute Gasteiger partial charge is 0.170 e. The molecule has 24 heavy (non-hydrogen) atoms. The molecule has 0 saturated carbocycles. The molecular weight excluding hydrogens is 320 g/mol. The van der Waals surface area contributed by atoms with Gasteiger partial charge in [0.25, 0.3) is 0 Å². The Bertz CT molecular complexity index is 1000. The maximum absolute atomic E-state index is 5.53. The number of nitrogens with one attached hydrogen (secondary N) is 1. The number of nitrogens with zero attached hydrogens (tertiary/aromatic N) is 1. The molecule has 0 radical (unpaired) electrons. The number of aromatic amines is 1. The van der Waals surface area contributed by atoms with E-state index in [0.717, 1.165) is 27.3 Å². The molecule has 0 spiro atoms. The number of aromatic nitrogens is 2. The summed E-state index contributed by atoms with van der Waals surface area (Å²) < 4.78 is 10.9. The topological polar surface area (TPSA) is 47.1 Å². The van der Waals surface area contributed by atoms with E-state index in [1.165, 1.54) is 5.39 Å². The third-order valence-corrected chi connectivity index (χ3v) is 4.88. The van der Waals surface area contributed by atoms with Gasteiger partial charge in [-0.3, -0.25) is 0 Å². The highest BCUT2D eigenvalue weighted by Gasteiger charge is 2.16. The minimum atomic E-state index is 0.707. The molecule has 0 bridgehead atoms. The van der Waals surface area contributed by atoms with Gasteiger partial charge in [0.1, 0.15) is 5.01 Å². The van der Waals surface area contributed by atoms with Crippen LogP contribution in [0.5, 0.6) is 11.5 Å². The van der Waals surface area contributed by atoms with Gasteiger partial charge in [0.2, 0.25) is 0 Å². The molecule has 5 heteroatoms.